The van der Waals surface area contributed by atoms with Crippen molar-refractivity contribution in [1.82, 2.24) is 24.7 Å². The van der Waals surface area contributed by atoms with Gasteiger partial charge in [-0.3, -0.25) is 24.0 Å². The van der Waals surface area contributed by atoms with Crippen molar-refractivity contribution >= 4 is 22.8 Å². The number of hydrogen-bond donors (Lipinski definition) is 2. The number of carbonyl (C=O) groups excluding carboxylic acids is 2. The molecule has 34 heavy (non-hydrogen) atoms. The van der Waals surface area contributed by atoms with Crippen LogP contribution in [0.25, 0.3) is 11.0 Å². The first kappa shape index (κ1) is 23.2. The van der Waals surface area contributed by atoms with E-state index in [1.54, 1.807) is 13.1 Å². The summed E-state index contributed by atoms with van der Waals surface area (Å²) in [6.45, 7) is 3.24. The lowest BCUT2D eigenvalue weighted by Crippen LogP contribution is -2.48. The van der Waals surface area contributed by atoms with Crippen LogP contribution >= 0.6 is 0 Å². The highest BCUT2D eigenvalue weighted by atomic mass is 19.1. The Morgan fingerprint density at radius 2 is 1.76 bits per heavy atom. The molecule has 3 aliphatic rings. The summed E-state index contributed by atoms with van der Waals surface area (Å²) in [5, 5.41) is 5.47. The van der Waals surface area contributed by atoms with E-state index in [-0.39, 0.29) is 24.7 Å². The molecule has 1 aromatic carbocycles. The van der Waals surface area contributed by atoms with Crippen molar-refractivity contribution in [2.24, 2.45) is 7.05 Å². The third-order valence-electron chi connectivity index (χ3n) is 7.76. The molecular weight excluding hydrogens is 444 g/mol. The summed E-state index contributed by atoms with van der Waals surface area (Å²) in [7, 11) is 1.61. The van der Waals surface area contributed by atoms with E-state index in [1.165, 1.54) is 15.2 Å². The molecule has 184 valence electrons. The number of imidazole rings is 1. The summed E-state index contributed by atoms with van der Waals surface area (Å²) in [5.74, 6) is -1.33. The lowest BCUT2D eigenvalue weighted by Gasteiger charge is -2.38. The van der Waals surface area contributed by atoms with Crippen molar-refractivity contribution in [2.75, 3.05) is 32.7 Å². The summed E-state index contributed by atoms with van der Waals surface area (Å²) in [4.78, 5) is 39.0. The minimum absolute atomic E-state index is 0.0155. The van der Waals surface area contributed by atoms with Gasteiger partial charge in [-0.1, -0.05) is 0 Å². The van der Waals surface area contributed by atoms with Gasteiger partial charge in [0.05, 0.1) is 11.0 Å². The van der Waals surface area contributed by atoms with Crippen LogP contribution < -0.4 is 16.3 Å². The predicted molar refractivity (Wildman–Crippen MR) is 123 cm³/mol. The maximum atomic E-state index is 15.3. The lowest BCUT2D eigenvalue weighted by atomic mass is 9.87. The highest BCUT2D eigenvalue weighted by Gasteiger charge is 2.36. The number of nitrogens with zero attached hydrogens (tertiary/aromatic N) is 3. The van der Waals surface area contributed by atoms with Gasteiger partial charge in [-0.25, -0.2) is 13.6 Å². The first-order valence-corrected chi connectivity index (χ1v) is 12.1. The number of rotatable bonds is 4. The molecule has 1 atom stereocenters. The van der Waals surface area contributed by atoms with E-state index in [1.807, 2.05) is 0 Å². The second-order valence-corrected chi connectivity index (χ2v) is 9.99. The zero-order chi connectivity index (χ0) is 24.0. The first-order valence-electron chi connectivity index (χ1n) is 12.1. The molecule has 0 spiro atoms. The Labute approximate surface area is 196 Å². The van der Waals surface area contributed by atoms with E-state index in [2.05, 4.69) is 15.5 Å². The average Bonchev–Trinajstić information content (AvgIpc) is 3.03. The molecule has 4 heterocycles. The topological polar surface area (TPSA) is 88.4 Å². The molecule has 8 nitrogen and oxygen atoms in total. The quantitative estimate of drug-likeness (QED) is 0.658. The summed E-state index contributed by atoms with van der Waals surface area (Å²) in [5.41, 5.74) is -0.0950. The number of hydrogen-bond acceptors (Lipinski definition) is 5. The SMILES string of the molecule is Cn1c(=O)n(C2CCC(=O)NC2=O)c2cc(F)c(C3CCN(CC4(F)CCNCC4)CC3)cc21. The van der Waals surface area contributed by atoms with Crippen molar-refractivity contribution in [3.05, 3.63) is 34.0 Å². The highest BCUT2D eigenvalue weighted by Crippen LogP contribution is 2.34. The van der Waals surface area contributed by atoms with Crippen LogP contribution in [0, 0.1) is 5.82 Å². The van der Waals surface area contributed by atoms with Gasteiger partial charge < -0.3 is 10.2 Å². The molecular formula is C24H31F2N5O3. The molecule has 2 amide bonds. The van der Waals surface area contributed by atoms with Crippen LogP contribution in [0.3, 0.4) is 0 Å². The molecule has 2 aromatic rings. The third-order valence-corrected chi connectivity index (χ3v) is 7.76. The summed E-state index contributed by atoms with van der Waals surface area (Å²) >= 11 is 0. The molecule has 0 aliphatic carbocycles. The van der Waals surface area contributed by atoms with Gasteiger partial charge >= 0.3 is 5.69 Å². The second kappa shape index (κ2) is 8.88. The molecule has 2 N–H and O–H groups in total. The van der Waals surface area contributed by atoms with Crippen LogP contribution in [0.5, 0.6) is 0 Å². The van der Waals surface area contributed by atoms with Gasteiger partial charge in [0.2, 0.25) is 11.8 Å². The molecule has 1 aromatic heterocycles. The number of aryl methyl sites for hydroxylation is 1. The number of fused-ring (bicyclic) bond motifs is 1. The number of carbonyl (C=O) groups is 2. The minimum Gasteiger partial charge on any atom is -0.316 e. The van der Waals surface area contributed by atoms with Crippen LogP contribution in [0.1, 0.15) is 56.0 Å². The Hall–Kier alpha value is -2.59. The fourth-order valence-electron chi connectivity index (χ4n) is 5.78. The van der Waals surface area contributed by atoms with E-state index in [0.29, 0.717) is 62.2 Å². The lowest BCUT2D eigenvalue weighted by molar-refractivity contribution is -0.135. The number of aromatic nitrogens is 2. The van der Waals surface area contributed by atoms with Gasteiger partial charge in [0.15, 0.2) is 0 Å². The standard InChI is InChI=1S/C24H31F2N5O3/c1-29-19-12-16(15-4-10-30(11-5-15)14-24(26)6-8-27-9-7-24)17(25)13-20(19)31(23(29)34)18-2-3-21(32)28-22(18)33/h12-13,15,18,27H,2-11,14H2,1H3,(H,28,32,33). The number of piperidine rings is 3. The number of imide groups is 1. The summed E-state index contributed by atoms with van der Waals surface area (Å²) in [6.07, 6.45) is 2.83. The fourth-order valence-corrected chi connectivity index (χ4v) is 5.78. The fraction of sp³-hybridized carbons (Fsp3) is 0.625. The Morgan fingerprint density at radius 1 is 1.06 bits per heavy atom. The van der Waals surface area contributed by atoms with Crippen LogP contribution in [0.15, 0.2) is 16.9 Å². The van der Waals surface area contributed by atoms with Gasteiger partial charge in [-0.2, -0.15) is 0 Å². The summed E-state index contributed by atoms with van der Waals surface area (Å²) < 4.78 is 33.1. The first-order chi connectivity index (χ1) is 16.3. The smallest absolute Gasteiger partial charge is 0.316 e. The Balaban J connectivity index is 1.37. The van der Waals surface area contributed by atoms with E-state index in [9.17, 15) is 14.4 Å². The average molecular weight is 476 g/mol. The molecule has 5 rings (SSSR count). The van der Waals surface area contributed by atoms with E-state index >= 15 is 8.78 Å². The number of alkyl halides is 1. The van der Waals surface area contributed by atoms with Crippen molar-refractivity contribution in [1.29, 1.82) is 0 Å². The zero-order valence-corrected chi connectivity index (χ0v) is 19.4. The van der Waals surface area contributed by atoms with E-state index in [4.69, 9.17) is 0 Å². The van der Waals surface area contributed by atoms with Gasteiger partial charge in [0.1, 0.15) is 17.5 Å². The molecule has 0 radical (unpaired) electrons. The maximum Gasteiger partial charge on any atom is 0.329 e. The molecule has 3 saturated heterocycles. The summed E-state index contributed by atoms with van der Waals surface area (Å²) in [6, 6.07) is 2.22. The van der Waals surface area contributed by atoms with Crippen molar-refractivity contribution < 1.29 is 18.4 Å². The van der Waals surface area contributed by atoms with Crippen molar-refractivity contribution in [2.45, 2.75) is 56.2 Å². The van der Waals surface area contributed by atoms with E-state index in [0.717, 1.165) is 12.8 Å². The Kier molecular flexibility index (Phi) is 6.05. The molecule has 0 bridgehead atoms. The maximum absolute atomic E-state index is 15.3. The zero-order valence-electron chi connectivity index (χ0n) is 19.4. The number of halogens is 2. The second-order valence-electron chi connectivity index (χ2n) is 9.99. The third kappa shape index (κ3) is 4.17. The number of amides is 2. The van der Waals surface area contributed by atoms with Gasteiger partial charge in [0, 0.05) is 26.1 Å². The molecule has 3 fully saturated rings. The van der Waals surface area contributed by atoms with Gasteiger partial charge in [-0.15, -0.1) is 0 Å². The Morgan fingerprint density at radius 3 is 2.44 bits per heavy atom. The molecule has 10 heteroatoms. The van der Waals surface area contributed by atoms with Crippen LogP contribution in [-0.2, 0) is 16.6 Å². The highest BCUT2D eigenvalue weighted by molar-refractivity contribution is 6.00. The number of benzene rings is 1. The van der Waals surface area contributed by atoms with Crippen molar-refractivity contribution in [3.63, 3.8) is 0 Å². The van der Waals surface area contributed by atoms with Gasteiger partial charge in [-0.05, 0) is 75.8 Å². The van der Waals surface area contributed by atoms with Gasteiger partial charge in [0.25, 0.3) is 0 Å². The normalized spacial score (nSPS) is 24.5. The molecule has 3 aliphatic heterocycles. The molecule has 1 unspecified atom stereocenters. The van der Waals surface area contributed by atoms with Crippen LogP contribution in [0.4, 0.5) is 8.78 Å². The number of likely N-dealkylation sites (tertiary alicyclic amines) is 1. The van der Waals surface area contributed by atoms with Crippen LogP contribution in [0.2, 0.25) is 0 Å². The predicted octanol–water partition coefficient (Wildman–Crippen LogP) is 1.73. The van der Waals surface area contributed by atoms with E-state index < -0.39 is 29.1 Å². The number of nitrogens with one attached hydrogen (secondary N) is 2. The van der Waals surface area contributed by atoms with Crippen LogP contribution in [-0.4, -0.2) is 64.2 Å². The largest absolute Gasteiger partial charge is 0.329 e. The minimum atomic E-state index is -1.15. The Bertz CT molecular complexity index is 1180. The van der Waals surface area contributed by atoms with Crippen molar-refractivity contribution in [3.8, 4) is 0 Å². The monoisotopic (exact) mass is 475 g/mol. The molecule has 0 saturated carbocycles.